The number of para-hydroxylation sites is 2. The normalized spacial score (nSPS) is 11.3. The summed E-state index contributed by atoms with van der Waals surface area (Å²) in [6.45, 7) is 2.43. The molecule has 0 saturated heterocycles. The number of fused-ring (bicyclic) bond motifs is 2. The van der Waals surface area contributed by atoms with Crippen molar-refractivity contribution in [3.05, 3.63) is 108 Å². The number of benzene rings is 3. The lowest BCUT2D eigenvalue weighted by molar-refractivity contribution is 0.747. The van der Waals surface area contributed by atoms with Crippen molar-refractivity contribution in [2.24, 2.45) is 0 Å². The zero-order chi connectivity index (χ0) is 26.6. The highest BCUT2D eigenvalue weighted by molar-refractivity contribution is 6.35. The number of nitrogens with zero attached hydrogens (tertiary/aromatic N) is 4. The van der Waals surface area contributed by atoms with E-state index in [4.69, 9.17) is 21.6 Å². The summed E-state index contributed by atoms with van der Waals surface area (Å²) in [6.07, 6.45) is 6.73. The Kier molecular flexibility index (Phi) is 7.21. The average molecular weight is 533 g/mol. The Morgan fingerprint density at radius 2 is 1.59 bits per heavy atom. The molecule has 6 aromatic rings. The van der Waals surface area contributed by atoms with Gasteiger partial charge in [-0.25, -0.2) is 9.97 Å². The summed E-state index contributed by atoms with van der Waals surface area (Å²) in [5.41, 5.74) is 6.14. The van der Waals surface area contributed by atoms with Gasteiger partial charge >= 0.3 is 0 Å². The van der Waals surface area contributed by atoms with Gasteiger partial charge in [0.1, 0.15) is 5.82 Å². The lowest BCUT2D eigenvalue weighted by Gasteiger charge is -2.13. The molecule has 6 nitrogen and oxygen atoms in total. The Balaban J connectivity index is 1.55. The van der Waals surface area contributed by atoms with Crippen molar-refractivity contribution in [2.45, 2.75) is 13.0 Å². The summed E-state index contributed by atoms with van der Waals surface area (Å²) in [7, 11) is 1.97. The van der Waals surface area contributed by atoms with Crippen molar-refractivity contribution in [1.82, 2.24) is 24.8 Å². The molecule has 0 amide bonds. The van der Waals surface area contributed by atoms with E-state index in [1.54, 1.807) is 0 Å². The Morgan fingerprint density at radius 3 is 2.41 bits per heavy atom. The maximum absolute atomic E-state index is 6.77. The Labute approximate surface area is 232 Å². The van der Waals surface area contributed by atoms with Gasteiger partial charge < -0.3 is 15.2 Å². The van der Waals surface area contributed by atoms with Gasteiger partial charge in [-0.15, -0.1) is 0 Å². The van der Waals surface area contributed by atoms with Gasteiger partial charge in [0, 0.05) is 53.6 Å². The van der Waals surface area contributed by atoms with Crippen molar-refractivity contribution in [1.29, 1.82) is 0 Å². The van der Waals surface area contributed by atoms with Gasteiger partial charge in [-0.3, -0.25) is 4.98 Å². The highest BCUT2D eigenvalue weighted by atomic mass is 35.5. The molecule has 194 valence electrons. The van der Waals surface area contributed by atoms with Crippen LogP contribution in [0.2, 0.25) is 5.02 Å². The van der Waals surface area contributed by atoms with Crippen LogP contribution in [0.3, 0.4) is 0 Å². The second-order valence-corrected chi connectivity index (χ2v) is 9.92. The Hall–Kier alpha value is -4.26. The molecule has 0 aliphatic heterocycles. The van der Waals surface area contributed by atoms with E-state index in [9.17, 15) is 0 Å². The van der Waals surface area contributed by atoms with Crippen LogP contribution in [0.1, 0.15) is 12.0 Å². The van der Waals surface area contributed by atoms with Gasteiger partial charge in [0.2, 0.25) is 0 Å². The minimum Gasteiger partial charge on any atom is -0.369 e. The zero-order valence-corrected chi connectivity index (χ0v) is 22.5. The van der Waals surface area contributed by atoms with Gasteiger partial charge in [0.05, 0.1) is 16.1 Å². The maximum atomic E-state index is 6.77. The molecule has 7 heteroatoms. The number of nitrogens with one attached hydrogen (secondary N) is 2. The summed E-state index contributed by atoms with van der Waals surface area (Å²) in [6, 6.07) is 26.7. The SMILES string of the molecule is CNCCCNc1nc(-c2cn(Cc3ccccc3)c3c(Cl)cccc23)nc2c(-c3ccncc3)cccc12. The maximum Gasteiger partial charge on any atom is 0.164 e. The first kappa shape index (κ1) is 25.0. The minimum atomic E-state index is 0.666. The molecular formula is C32H29ClN6. The van der Waals surface area contributed by atoms with Gasteiger partial charge in [0.25, 0.3) is 0 Å². The second-order valence-electron chi connectivity index (χ2n) is 9.51. The number of anilines is 1. The summed E-state index contributed by atoms with van der Waals surface area (Å²) >= 11 is 6.77. The fraction of sp³-hybridized carbons (Fsp3) is 0.156. The molecular weight excluding hydrogens is 504 g/mol. The van der Waals surface area contributed by atoms with Crippen molar-refractivity contribution in [3.63, 3.8) is 0 Å². The second kappa shape index (κ2) is 11.2. The highest BCUT2D eigenvalue weighted by Crippen LogP contribution is 2.37. The van der Waals surface area contributed by atoms with Crippen LogP contribution in [0, 0.1) is 0 Å². The summed E-state index contributed by atoms with van der Waals surface area (Å²) in [5, 5.41) is 9.52. The molecule has 0 aliphatic carbocycles. The van der Waals surface area contributed by atoms with E-state index < -0.39 is 0 Å². The van der Waals surface area contributed by atoms with Crippen molar-refractivity contribution >= 4 is 39.2 Å². The zero-order valence-electron chi connectivity index (χ0n) is 21.7. The van der Waals surface area contributed by atoms with Crippen LogP contribution in [-0.4, -0.2) is 39.7 Å². The number of halogens is 1. The van der Waals surface area contributed by atoms with Crippen molar-refractivity contribution in [2.75, 3.05) is 25.5 Å². The van der Waals surface area contributed by atoms with Crippen molar-refractivity contribution in [3.8, 4) is 22.5 Å². The van der Waals surface area contributed by atoms with Gasteiger partial charge in [0.15, 0.2) is 5.82 Å². The Morgan fingerprint density at radius 1 is 0.795 bits per heavy atom. The molecule has 3 aromatic heterocycles. The molecule has 0 spiro atoms. The van der Waals surface area contributed by atoms with Crippen LogP contribution in [0.5, 0.6) is 0 Å². The molecule has 0 bridgehead atoms. The van der Waals surface area contributed by atoms with Crippen LogP contribution in [0.25, 0.3) is 44.3 Å². The van der Waals surface area contributed by atoms with E-state index >= 15 is 0 Å². The number of hydrogen-bond donors (Lipinski definition) is 2. The first-order valence-corrected chi connectivity index (χ1v) is 13.5. The number of hydrogen-bond acceptors (Lipinski definition) is 5. The van der Waals surface area contributed by atoms with Crippen LogP contribution in [-0.2, 0) is 6.54 Å². The molecule has 0 saturated carbocycles. The van der Waals surface area contributed by atoms with E-state index in [0.717, 1.165) is 63.8 Å². The third-order valence-electron chi connectivity index (χ3n) is 6.90. The summed E-state index contributed by atoms with van der Waals surface area (Å²) in [5.74, 6) is 1.49. The molecule has 6 rings (SSSR count). The minimum absolute atomic E-state index is 0.666. The average Bonchev–Trinajstić information content (AvgIpc) is 3.35. The van der Waals surface area contributed by atoms with E-state index in [0.29, 0.717) is 17.4 Å². The smallest absolute Gasteiger partial charge is 0.164 e. The predicted octanol–water partition coefficient (Wildman–Crippen LogP) is 7.04. The Bertz CT molecular complexity index is 1730. The van der Waals surface area contributed by atoms with E-state index in [2.05, 4.69) is 74.9 Å². The third kappa shape index (κ3) is 5.09. The van der Waals surface area contributed by atoms with Crippen molar-refractivity contribution < 1.29 is 0 Å². The van der Waals surface area contributed by atoms with E-state index in [-0.39, 0.29) is 0 Å². The number of pyridine rings is 1. The molecule has 0 aliphatic rings. The quantitative estimate of drug-likeness (QED) is 0.195. The fourth-order valence-corrected chi connectivity index (χ4v) is 5.32. The standard InChI is InChI=1S/C32H29ClN6/c1-34-16-7-17-36-31-26-12-5-10-24(23-14-18-35-19-15-23)29(26)37-32(38-31)27-21-39(20-22-8-3-2-4-9-22)30-25(27)11-6-13-28(30)33/h2-6,8-15,18-19,21,34H,7,16-17,20H2,1H3,(H,36,37,38). The highest BCUT2D eigenvalue weighted by Gasteiger charge is 2.19. The topological polar surface area (TPSA) is 67.7 Å². The fourth-order valence-electron chi connectivity index (χ4n) is 5.04. The third-order valence-corrected chi connectivity index (χ3v) is 7.20. The van der Waals surface area contributed by atoms with Crippen LogP contribution >= 0.6 is 11.6 Å². The van der Waals surface area contributed by atoms with Gasteiger partial charge in [-0.1, -0.05) is 66.2 Å². The van der Waals surface area contributed by atoms with Crippen LogP contribution < -0.4 is 10.6 Å². The number of aromatic nitrogens is 4. The lowest BCUT2D eigenvalue weighted by Crippen LogP contribution is -2.14. The van der Waals surface area contributed by atoms with Crippen LogP contribution in [0.4, 0.5) is 5.82 Å². The molecule has 0 fully saturated rings. The first-order valence-electron chi connectivity index (χ1n) is 13.1. The molecule has 0 atom stereocenters. The van der Waals surface area contributed by atoms with E-state index in [1.165, 1.54) is 5.56 Å². The molecule has 0 radical (unpaired) electrons. The molecule has 0 unspecified atom stereocenters. The molecule has 3 aromatic carbocycles. The monoisotopic (exact) mass is 532 g/mol. The number of rotatable bonds is 9. The van der Waals surface area contributed by atoms with Gasteiger partial charge in [-0.2, -0.15) is 0 Å². The lowest BCUT2D eigenvalue weighted by atomic mass is 10.0. The molecule has 2 N–H and O–H groups in total. The summed E-state index contributed by atoms with van der Waals surface area (Å²) < 4.78 is 2.20. The summed E-state index contributed by atoms with van der Waals surface area (Å²) in [4.78, 5) is 14.5. The first-order chi connectivity index (χ1) is 19.2. The molecule has 3 heterocycles. The van der Waals surface area contributed by atoms with E-state index in [1.807, 2.05) is 49.8 Å². The van der Waals surface area contributed by atoms with Crippen LogP contribution in [0.15, 0.2) is 97.5 Å². The largest absolute Gasteiger partial charge is 0.369 e. The molecule has 39 heavy (non-hydrogen) atoms. The predicted molar refractivity (Wildman–Crippen MR) is 161 cm³/mol. The van der Waals surface area contributed by atoms with Gasteiger partial charge in [-0.05, 0) is 55.4 Å².